The molecule has 1 N–H and O–H groups in total. The number of carbonyl (C=O) groups excluding carboxylic acids is 1. The number of nitrogens with zero attached hydrogens (tertiary/aromatic N) is 2. The highest BCUT2D eigenvalue weighted by atomic mass is 16.5. The predicted octanol–water partition coefficient (Wildman–Crippen LogP) is 0.512. The molecule has 1 amide bonds. The Labute approximate surface area is 112 Å². The van der Waals surface area contributed by atoms with Gasteiger partial charge in [-0.25, -0.2) is 0 Å². The van der Waals surface area contributed by atoms with E-state index >= 15 is 0 Å². The minimum absolute atomic E-state index is 0.0732. The topological polar surface area (TPSA) is 73.6 Å². The third-order valence-corrected chi connectivity index (χ3v) is 3.47. The number of carbonyl (C=O) groups is 1. The van der Waals surface area contributed by atoms with E-state index in [2.05, 4.69) is 6.07 Å². The van der Waals surface area contributed by atoms with Gasteiger partial charge >= 0.3 is 0 Å². The number of hydrogen-bond donors (Lipinski definition) is 1. The first-order valence-electron chi connectivity index (χ1n) is 6.10. The van der Waals surface area contributed by atoms with Gasteiger partial charge in [-0.05, 0) is 5.56 Å². The lowest BCUT2D eigenvalue weighted by atomic mass is 9.75. The lowest BCUT2D eigenvalue weighted by Gasteiger charge is -2.51. The zero-order valence-electron chi connectivity index (χ0n) is 10.7. The summed E-state index contributed by atoms with van der Waals surface area (Å²) in [6.45, 7) is -0.233. The van der Waals surface area contributed by atoms with Gasteiger partial charge in [0.25, 0.3) is 0 Å². The molecule has 0 saturated carbocycles. The van der Waals surface area contributed by atoms with E-state index in [1.807, 2.05) is 30.3 Å². The summed E-state index contributed by atoms with van der Waals surface area (Å²) in [6, 6.07) is 10.7. The van der Waals surface area contributed by atoms with Crippen LogP contribution in [0.3, 0.4) is 0 Å². The molecule has 1 aromatic carbocycles. The van der Waals surface area contributed by atoms with Gasteiger partial charge in [0.15, 0.2) is 0 Å². The predicted molar refractivity (Wildman–Crippen MR) is 68.2 cm³/mol. The second kappa shape index (κ2) is 5.83. The van der Waals surface area contributed by atoms with Crippen molar-refractivity contribution < 1.29 is 14.6 Å². The second-order valence-electron chi connectivity index (χ2n) is 4.49. The smallest absolute Gasteiger partial charge is 0.249 e. The van der Waals surface area contributed by atoms with Crippen LogP contribution in [-0.4, -0.2) is 48.3 Å². The normalized spacial score (nSPS) is 25.5. The van der Waals surface area contributed by atoms with Crippen molar-refractivity contribution in [1.29, 1.82) is 5.26 Å². The maximum atomic E-state index is 11.9. The van der Waals surface area contributed by atoms with Crippen LogP contribution >= 0.6 is 0 Å². The summed E-state index contributed by atoms with van der Waals surface area (Å²) in [4.78, 5) is 13.3. The van der Waals surface area contributed by atoms with Gasteiger partial charge in [0.2, 0.25) is 5.91 Å². The van der Waals surface area contributed by atoms with Gasteiger partial charge in [-0.1, -0.05) is 30.3 Å². The minimum atomic E-state index is -0.540. The fourth-order valence-electron chi connectivity index (χ4n) is 2.62. The monoisotopic (exact) mass is 260 g/mol. The zero-order chi connectivity index (χ0) is 13.8. The van der Waals surface area contributed by atoms with Crippen LogP contribution in [-0.2, 0) is 9.53 Å². The molecule has 5 nitrogen and oxygen atoms in total. The van der Waals surface area contributed by atoms with Crippen LogP contribution < -0.4 is 0 Å². The fraction of sp³-hybridized carbons (Fsp3) is 0.429. The molecular weight excluding hydrogens is 244 g/mol. The molecule has 3 atom stereocenters. The molecule has 1 aliphatic heterocycles. The standard InChI is InChI=1S/C14H16N2O3/c1-19-9-13(18)16-11(7-15)14(12(16)8-17)10-5-3-2-4-6-10/h2-6,11-12,14,17H,8-9H2,1H3/t11-,12-,14-/m1/s1. The molecule has 0 aromatic heterocycles. The van der Waals surface area contributed by atoms with Gasteiger partial charge < -0.3 is 14.7 Å². The van der Waals surface area contributed by atoms with Crippen LogP contribution in [0, 0.1) is 11.3 Å². The number of ether oxygens (including phenoxy) is 1. The van der Waals surface area contributed by atoms with Crippen molar-refractivity contribution in [2.24, 2.45) is 0 Å². The molecule has 1 heterocycles. The lowest BCUT2D eigenvalue weighted by Crippen LogP contribution is -2.65. The summed E-state index contributed by atoms with van der Waals surface area (Å²) in [7, 11) is 1.43. The molecule has 0 spiro atoms. The van der Waals surface area contributed by atoms with Gasteiger partial charge in [0.1, 0.15) is 12.6 Å². The Morgan fingerprint density at radius 3 is 2.68 bits per heavy atom. The van der Waals surface area contributed by atoms with E-state index in [4.69, 9.17) is 4.74 Å². The van der Waals surface area contributed by atoms with Gasteiger partial charge in [-0.2, -0.15) is 5.26 Å². The van der Waals surface area contributed by atoms with E-state index in [9.17, 15) is 15.2 Å². The molecule has 1 fully saturated rings. The average Bonchev–Trinajstić information content (AvgIpc) is 2.40. The van der Waals surface area contributed by atoms with E-state index in [1.54, 1.807) is 0 Å². The Morgan fingerprint density at radius 1 is 1.47 bits per heavy atom. The Hall–Kier alpha value is -1.90. The molecule has 0 bridgehead atoms. The molecule has 1 aliphatic rings. The molecule has 0 aliphatic carbocycles. The van der Waals surface area contributed by atoms with E-state index in [0.717, 1.165) is 5.56 Å². The van der Waals surface area contributed by atoms with Crippen LogP contribution in [0.4, 0.5) is 0 Å². The summed E-state index contributed by atoms with van der Waals surface area (Å²) < 4.78 is 4.80. The number of amides is 1. The third kappa shape index (κ3) is 2.33. The van der Waals surface area contributed by atoms with Crippen LogP contribution in [0.25, 0.3) is 0 Å². The van der Waals surface area contributed by atoms with E-state index in [1.165, 1.54) is 12.0 Å². The van der Waals surface area contributed by atoms with Crippen molar-refractivity contribution in [1.82, 2.24) is 4.90 Å². The number of likely N-dealkylation sites (tertiary alicyclic amines) is 1. The van der Waals surface area contributed by atoms with Crippen molar-refractivity contribution in [2.75, 3.05) is 20.3 Å². The molecule has 100 valence electrons. The van der Waals surface area contributed by atoms with Crippen LogP contribution in [0.1, 0.15) is 11.5 Å². The Morgan fingerprint density at radius 2 is 2.16 bits per heavy atom. The Balaban J connectivity index is 2.23. The Bertz CT molecular complexity index is 483. The average molecular weight is 260 g/mol. The molecule has 5 heteroatoms. The van der Waals surface area contributed by atoms with Crippen LogP contribution in [0.15, 0.2) is 30.3 Å². The molecule has 2 rings (SSSR count). The number of aliphatic hydroxyl groups excluding tert-OH is 1. The van der Waals surface area contributed by atoms with Crippen LogP contribution in [0.2, 0.25) is 0 Å². The quantitative estimate of drug-likeness (QED) is 0.856. The maximum Gasteiger partial charge on any atom is 0.249 e. The summed E-state index contributed by atoms with van der Waals surface area (Å²) in [5, 5.41) is 18.7. The van der Waals surface area contributed by atoms with E-state index < -0.39 is 6.04 Å². The number of hydrogen-bond acceptors (Lipinski definition) is 4. The summed E-state index contributed by atoms with van der Waals surface area (Å²) >= 11 is 0. The highest BCUT2D eigenvalue weighted by Crippen LogP contribution is 2.40. The van der Waals surface area contributed by atoms with Crippen LogP contribution in [0.5, 0.6) is 0 Å². The molecule has 0 radical (unpaired) electrons. The number of aliphatic hydroxyl groups is 1. The highest BCUT2D eigenvalue weighted by molar-refractivity contribution is 5.80. The summed E-state index contributed by atoms with van der Waals surface area (Å²) in [5.74, 6) is -0.405. The van der Waals surface area contributed by atoms with Crippen molar-refractivity contribution in [2.45, 2.75) is 18.0 Å². The Kier molecular flexibility index (Phi) is 4.15. The second-order valence-corrected chi connectivity index (χ2v) is 4.49. The zero-order valence-corrected chi connectivity index (χ0v) is 10.7. The van der Waals surface area contributed by atoms with Gasteiger partial charge in [-0.3, -0.25) is 4.79 Å². The molecular formula is C14H16N2O3. The number of methoxy groups -OCH3 is 1. The van der Waals surface area contributed by atoms with Crippen molar-refractivity contribution in [3.8, 4) is 6.07 Å². The SMILES string of the molecule is COCC(=O)N1[C@H](C#N)[C@@H](c2ccccc2)[C@H]1CO. The first-order valence-corrected chi connectivity index (χ1v) is 6.10. The molecule has 1 aromatic rings. The third-order valence-electron chi connectivity index (χ3n) is 3.47. The fourth-order valence-corrected chi connectivity index (χ4v) is 2.62. The number of benzene rings is 1. The molecule has 0 unspecified atom stereocenters. The van der Waals surface area contributed by atoms with Crippen molar-refractivity contribution in [3.63, 3.8) is 0 Å². The molecule has 19 heavy (non-hydrogen) atoms. The van der Waals surface area contributed by atoms with Gasteiger partial charge in [0, 0.05) is 13.0 Å². The molecule has 1 saturated heterocycles. The summed E-state index contributed by atoms with van der Waals surface area (Å²) in [5.41, 5.74) is 0.967. The summed E-state index contributed by atoms with van der Waals surface area (Å²) in [6.07, 6.45) is 0. The largest absolute Gasteiger partial charge is 0.394 e. The lowest BCUT2D eigenvalue weighted by molar-refractivity contribution is -0.150. The number of rotatable bonds is 4. The van der Waals surface area contributed by atoms with Gasteiger partial charge in [0.05, 0.1) is 18.7 Å². The maximum absolute atomic E-state index is 11.9. The first kappa shape index (κ1) is 13.5. The van der Waals surface area contributed by atoms with Crippen molar-refractivity contribution in [3.05, 3.63) is 35.9 Å². The number of nitriles is 1. The van der Waals surface area contributed by atoms with E-state index in [-0.39, 0.29) is 31.1 Å². The van der Waals surface area contributed by atoms with Gasteiger partial charge in [-0.15, -0.1) is 0 Å². The van der Waals surface area contributed by atoms with E-state index in [0.29, 0.717) is 0 Å². The van der Waals surface area contributed by atoms with Crippen molar-refractivity contribution >= 4 is 5.91 Å². The highest BCUT2D eigenvalue weighted by Gasteiger charge is 2.51. The minimum Gasteiger partial charge on any atom is -0.394 e. The first-order chi connectivity index (χ1) is 9.24.